The van der Waals surface area contributed by atoms with Crippen molar-refractivity contribution in [2.75, 3.05) is 7.11 Å². The largest absolute Gasteiger partial charge is 0.497 e. The molecule has 0 aliphatic carbocycles. The van der Waals surface area contributed by atoms with Gasteiger partial charge in [0, 0.05) is 18.0 Å². The summed E-state index contributed by atoms with van der Waals surface area (Å²) in [5.41, 5.74) is 1.68. The molecule has 120 valence electrons. The van der Waals surface area contributed by atoms with E-state index >= 15 is 0 Å². The molecule has 5 nitrogen and oxygen atoms in total. The number of hydrogen-bond donors (Lipinski definition) is 0. The number of nitrogens with zero attached hydrogens (tertiary/aromatic N) is 2. The lowest BCUT2D eigenvalue weighted by Crippen LogP contribution is -2.27. The van der Waals surface area contributed by atoms with Crippen LogP contribution < -0.4 is 4.74 Å². The smallest absolute Gasteiger partial charge is 0.278 e. The molecule has 0 bridgehead atoms. The molecular weight excluding hydrogens is 324 g/mol. The molecule has 2 aliphatic rings. The van der Waals surface area contributed by atoms with Crippen LogP contribution in [0.3, 0.4) is 0 Å². The van der Waals surface area contributed by atoms with Gasteiger partial charge in [-0.15, -0.1) is 4.40 Å². The minimum atomic E-state index is -3.57. The van der Waals surface area contributed by atoms with Gasteiger partial charge in [-0.3, -0.25) is 0 Å². The second-order valence-electron chi connectivity index (χ2n) is 5.47. The van der Waals surface area contributed by atoms with Gasteiger partial charge in [-0.2, -0.15) is 8.42 Å². The third-order valence-electron chi connectivity index (χ3n) is 3.96. The van der Waals surface area contributed by atoms with Crippen molar-refractivity contribution >= 4 is 32.2 Å². The van der Waals surface area contributed by atoms with Crippen molar-refractivity contribution in [1.82, 2.24) is 4.90 Å². The molecule has 6 heteroatoms. The maximum absolute atomic E-state index is 11.8. The second kappa shape index (κ2) is 5.35. The minimum Gasteiger partial charge on any atom is -0.497 e. The SMILES string of the molecule is COc1ccc2cc(C3=CC=CN4C=CS(=O)(=O)N=C34)ccc2c1. The number of rotatable bonds is 2. The Morgan fingerprint density at radius 3 is 2.67 bits per heavy atom. The summed E-state index contributed by atoms with van der Waals surface area (Å²) in [5.74, 6) is 1.21. The molecule has 0 saturated carbocycles. The highest BCUT2D eigenvalue weighted by molar-refractivity contribution is 7.93. The number of hydrogen-bond acceptors (Lipinski definition) is 4. The molecule has 0 radical (unpaired) electrons. The Bertz CT molecular complexity index is 1060. The number of sulfonamides is 1. The summed E-state index contributed by atoms with van der Waals surface area (Å²) < 4.78 is 32.7. The Balaban J connectivity index is 1.83. The zero-order chi connectivity index (χ0) is 16.7. The average molecular weight is 338 g/mol. The number of methoxy groups -OCH3 is 1. The fourth-order valence-electron chi connectivity index (χ4n) is 2.77. The number of amidine groups is 1. The molecule has 2 heterocycles. The van der Waals surface area contributed by atoms with Crippen LogP contribution in [0, 0.1) is 0 Å². The van der Waals surface area contributed by atoms with Gasteiger partial charge in [0.05, 0.1) is 12.5 Å². The van der Waals surface area contributed by atoms with E-state index in [-0.39, 0.29) is 0 Å². The molecular formula is C18H14N2O3S. The lowest BCUT2D eigenvalue weighted by atomic mass is 9.98. The van der Waals surface area contributed by atoms with Gasteiger partial charge >= 0.3 is 0 Å². The van der Waals surface area contributed by atoms with Crippen LogP contribution in [0.15, 0.2) is 70.8 Å². The highest BCUT2D eigenvalue weighted by Crippen LogP contribution is 2.29. The first-order valence-electron chi connectivity index (χ1n) is 7.34. The molecule has 0 saturated heterocycles. The van der Waals surface area contributed by atoms with Gasteiger partial charge in [-0.1, -0.05) is 18.2 Å². The van der Waals surface area contributed by atoms with Crippen molar-refractivity contribution in [3.63, 3.8) is 0 Å². The maximum atomic E-state index is 11.8. The summed E-state index contributed by atoms with van der Waals surface area (Å²) >= 11 is 0. The monoisotopic (exact) mass is 338 g/mol. The van der Waals surface area contributed by atoms with E-state index in [0.717, 1.165) is 33.1 Å². The Labute approximate surface area is 139 Å². The van der Waals surface area contributed by atoms with Crippen LogP contribution >= 0.6 is 0 Å². The summed E-state index contributed by atoms with van der Waals surface area (Å²) in [6.07, 6.45) is 7.02. The van der Waals surface area contributed by atoms with Crippen LogP contribution in [-0.4, -0.2) is 26.3 Å². The molecule has 0 N–H and O–H groups in total. The predicted octanol–water partition coefficient (Wildman–Crippen LogP) is 3.27. The Hall–Kier alpha value is -2.86. The van der Waals surface area contributed by atoms with Crippen LogP contribution in [0.2, 0.25) is 0 Å². The normalized spacial score (nSPS) is 18.1. The van der Waals surface area contributed by atoms with E-state index in [9.17, 15) is 8.42 Å². The molecule has 0 unspecified atom stereocenters. The first kappa shape index (κ1) is 14.7. The highest BCUT2D eigenvalue weighted by atomic mass is 32.2. The van der Waals surface area contributed by atoms with Crippen molar-refractivity contribution in [2.24, 2.45) is 4.40 Å². The quantitative estimate of drug-likeness (QED) is 0.843. The van der Waals surface area contributed by atoms with Gasteiger partial charge in [0.1, 0.15) is 5.75 Å². The van der Waals surface area contributed by atoms with Crippen molar-refractivity contribution in [2.45, 2.75) is 0 Å². The summed E-state index contributed by atoms with van der Waals surface area (Å²) in [5, 5.41) is 3.20. The number of benzene rings is 2. The lowest BCUT2D eigenvalue weighted by Gasteiger charge is -2.25. The molecule has 0 aromatic heterocycles. The summed E-state index contributed by atoms with van der Waals surface area (Å²) in [6, 6.07) is 11.8. The molecule has 0 atom stereocenters. The van der Waals surface area contributed by atoms with E-state index in [1.54, 1.807) is 18.2 Å². The zero-order valence-corrected chi connectivity index (χ0v) is 13.7. The summed E-state index contributed by atoms with van der Waals surface area (Å²) in [7, 11) is -1.93. The fraction of sp³-hybridized carbons (Fsp3) is 0.0556. The Morgan fingerprint density at radius 2 is 1.83 bits per heavy atom. The first-order valence-corrected chi connectivity index (χ1v) is 8.85. The van der Waals surface area contributed by atoms with Crippen molar-refractivity contribution in [3.8, 4) is 5.75 Å². The van der Waals surface area contributed by atoms with E-state index in [1.807, 2.05) is 48.6 Å². The fourth-order valence-corrected chi connectivity index (χ4v) is 3.55. The van der Waals surface area contributed by atoms with Gasteiger partial charge in [0.25, 0.3) is 10.0 Å². The molecule has 24 heavy (non-hydrogen) atoms. The Morgan fingerprint density at radius 1 is 1.04 bits per heavy atom. The van der Waals surface area contributed by atoms with Crippen molar-refractivity contribution in [1.29, 1.82) is 0 Å². The summed E-state index contributed by atoms with van der Waals surface area (Å²) in [6.45, 7) is 0. The molecule has 4 rings (SSSR count). The Kier molecular flexibility index (Phi) is 3.28. The van der Waals surface area contributed by atoms with Crippen LogP contribution in [0.5, 0.6) is 5.75 Å². The summed E-state index contributed by atoms with van der Waals surface area (Å²) in [4.78, 5) is 1.70. The van der Waals surface area contributed by atoms with Crippen molar-refractivity contribution < 1.29 is 13.2 Å². The number of ether oxygens (including phenoxy) is 1. The van der Waals surface area contributed by atoms with E-state index in [2.05, 4.69) is 4.40 Å². The van der Waals surface area contributed by atoms with E-state index < -0.39 is 10.0 Å². The zero-order valence-electron chi connectivity index (χ0n) is 12.9. The number of allylic oxidation sites excluding steroid dienone is 2. The maximum Gasteiger partial charge on any atom is 0.278 e. The van der Waals surface area contributed by atoms with Gasteiger partial charge in [-0.05, 0) is 46.7 Å². The second-order valence-corrected chi connectivity index (χ2v) is 6.96. The van der Waals surface area contributed by atoms with E-state index in [0.29, 0.717) is 5.84 Å². The van der Waals surface area contributed by atoms with E-state index in [1.165, 1.54) is 6.20 Å². The van der Waals surface area contributed by atoms with Crippen LogP contribution in [0.1, 0.15) is 5.56 Å². The topological polar surface area (TPSA) is 59.0 Å². The molecule has 2 aromatic rings. The molecule has 0 amide bonds. The third kappa shape index (κ3) is 2.51. The van der Waals surface area contributed by atoms with Crippen LogP contribution in [-0.2, 0) is 10.0 Å². The van der Waals surface area contributed by atoms with E-state index in [4.69, 9.17) is 4.74 Å². The molecule has 0 spiro atoms. The highest BCUT2D eigenvalue weighted by Gasteiger charge is 2.23. The average Bonchev–Trinajstić information content (AvgIpc) is 2.59. The predicted molar refractivity (Wildman–Crippen MR) is 95.0 cm³/mol. The molecule has 2 aromatic carbocycles. The van der Waals surface area contributed by atoms with Crippen LogP contribution in [0.25, 0.3) is 16.3 Å². The lowest BCUT2D eigenvalue weighted by molar-refractivity contribution is 0.415. The van der Waals surface area contributed by atoms with Gasteiger partial charge in [0.2, 0.25) is 0 Å². The molecule has 0 fully saturated rings. The van der Waals surface area contributed by atoms with Crippen molar-refractivity contribution in [3.05, 3.63) is 71.9 Å². The standard InChI is InChI=1S/C18H14N2O3S/c1-23-16-7-6-13-11-15(5-4-14(13)12-16)17-3-2-8-20-9-10-24(21,22)19-18(17)20/h2-12H,1H3. The van der Waals surface area contributed by atoms with Crippen LogP contribution in [0.4, 0.5) is 0 Å². The third-order valence-corrected chi connectivity index (χ3v) is 4.85. The minimum absolute atomic E-state index is 0.410. The molecule has 2 aliphatic heterocycles. The van der Waals surface area contributed by atoms with Gasteiger partial charge < -0.3 is 9.64 Å². The van der Waals surface area contributed by atoms with Gasteiger partial charge in [0.15, 0.2) is 5.84 Å². The number of fused-ring (bicyclic) bond motifs is 2. The van der Waals surface area contributed by atoms with Gasteiger partial charge in [-0.25, -0.2) is 0 Å². The first-order chi connectivity index (χ1) is 11.6.